The number of nitrogens with zero attached hydrogens (tertiary/aromatic N) is 2. The van der Waals surface area contributed by atoms with Crippen molar-refractivity contribution in [3.8, 4) is 16.9 Å². The second-order valence-corrected chi connectivity index (χ2v) is 10.9. The van der Waals surface area contributed by atoms with E-state index in [4.69, 9.17) is 15.2 Å². The van der Waals surface area contributed by atoms with Gasteiger partial charge in [0.2, 0.25) is 5.91 Å². The van der Waals surface area contributed by atoms with Crippen LogP contribution in [0.2, 0.25) is 0 Å². The number of amides is 2. The number of aromatic nitrogens is 2. The van der Waals surface area contributed by atoms with E-state index in [0.29, 0.717) is 42.5 Å². The molecule has 3 heterocycles. The number of carbonyl (C=O) groups excluding carboxylic acids is 3. The molecule has 0 aliphatic heterocycles. The summed E-state index contributed by atoms with van der Waals surface area (Å²) in [5.41, 5.74) is 10.8. The fraction of sp³-hybridized carbons (Fsp3) is 0.212. The molecule has 5 rings (SSSR count). The minimum atomic E-state index is -0.279. The zero-order chi connectivity index (χ0) is 31.2. The topological polar surface area (TPSA) is 138 Å². The number of rotatable bonds is 11. The minimum Gasteiger partial charge on any atom is -0.495 e. The molecule has 0 aliphatic carbocycles. The molecule has 0 spiro atoms. The van der Waals surface area contributed by atoms with Gasteiger partial charge in [0.05, 0.1) is 19.4 Å². The summed E-state index contributed by atoms with van der Waals surface area (Å²) in [5.74, 6) is 0.0595. The maximum atomic E-state index is 13.2. The minimum absolute atomic E-state index is 0.247. The van der Waals surface area contributed by atoms with Gasteiger partial charge in [0.25, 0.3) is 5.91 Å². The Bertz CT molecular complexity index is 1890. The quantitative estimate of drug-likeness (QED) is 0.0979. The van der Waals surface area contributed by atoms with E-state index in [1.807, 2.05) is 59.5 Å². The number of nitrogens with one attached hydrogen (secondary N) is 2. The van der Waals surface area contributed by atoms with Crippen LogP contribution in [0.25, 0.3) is 38.2 Å². The number of anilines is 2. The molecule has 0 saturated carbocycles. The fourth-order valence-corrected chi connectivity index (χ4v) is 6.05. The highest BCUT2D eigenvalue weighted by Gasteiger charge is 2.18. The van der Waals surface area contributed by atoms with E-state index < -0.39 is 0 Å². The Balaban J connectivity index is 1.33. The molecule has 11 heteroatoms. The van der Waals surface area contributed by atoms with E-state index in [2.05, 4.69) is 15.6 Å². The predicted molar refractivity (Wildman–Crippen MR) is 175 cm³/mol. The number of pyridine rings is 1. The number of hydrogen-bond acceptors (Lipinski definition) is 8. The van der Waals surface area contributed by atoms with Crippen molar-refractivity contribution in [1.29, 1.82) is 0 Å². The van der Waals surface area contributed by atoms with Crippen LogP contribution >= 0.6 is 11.3 Å². The molecule has 0 saturated heterocycles. The van der Waals surface area contributed by atoms with Gasteiger partial charge in [0, 0.05) is 64.4 Å². The molecule has 0 unspecified atom stereocenters. The Morgan fingerprint density at radius 2 is 1.95 bits per heavy atom. The third-order valence-electron chi connectivity index (χ3n) is 7.17. The van der Waals surface area contributed by atoms with Crippen LogP contribution in [-0.2, 0) is 21.4 Å². The van der Waals surface area contributed by atoms with Gasteiger partial charge in [-0.1, -0.05) is 24.3 Å². The lowest BCUT2D eigenvalue weighted by Crippen LogP contribution is -2.22. The van der Waals surface area contributed by atoms with Gasteiger partial charge in [0.15, 0.2) is 0 Å². The number of aryl methyl sites for hydroxylation is 1. The van der Waals surface area contributed by atoms with Crippen molar-refractivity contribution >= 4 is 67.7 Å². The Morgan fingerprint density at radius 3 is 2.73 bits per heavy atom. The number of methoxy groups -OCH3 is 1. The number of para-hydroxylation sites is 1. The largest absolute Gasteiger partial charge is 0.495 e. The smallest absolute Gasteiger partial charge is 0.305 e. The second-order valence-electron chi connectivity index (χ2n) is 10.0. The Hall–Kier alpha value is -5.16. The lowest BCUT2D eigenvalue weighted by Gasteiger charge is -2.13. The van der Waals surface area contributed by atoms with Crippen LogP contribution < -0.4 is 21.1 Å². The molecule has 44 heavy (non-hydrogen) atoms. The molecule has 0 radical (unpaired) electrons. The van der Waals surface area contributed by atoms with E-state index in [9.17, 15) is 14.4 Å². The van der Waals surface area contributed by atoms with E-state index in [-0.39, 0.29) is 24.2 Å². The summed E-state index contributed by atoms with van der Waals surface area (Å²) in [5, 5.41) is 9.48. The Labute approximate surface area is 258 Å². The van der Waals surface area contributed by atoms with Crippen molar-refractivity contribution in [1.82, 2.24) is 14.9 Å². The second kappa shape index (κ2) is 13.4. The molecule has 0 bridgehead atoms. The molecule has 3 aromatic heterocycles. The fourth-order valence-electron chi connectivity index (χ4n) is 4.98. The molecule has 2 amide bonds. The first-order chi connectivity index (χ1) is 21.3. The normalized spacial score (nSPS) is 11.2. The monoisotopic (exact) mass is 611 g/mol. The number of ether oxygens (including phenoxy) is 2. The van der Waals surface area contributed by atoms with Gasteiger partial charge >= 0.3 is 5.97 Å². The van der Waals surface area contributed by atoms with Gasteiger partial charge < -0.3 is 30.4 Å². The van der Waals surface area contributed by atoms with Crippen LogP contribution in [-0.4, -0.2) is 47.6 Å². The van der Waals surface area contributed by atoms with Gasteiger partial charge in [-0.2, -0.15) is 0 Å². The summed E-state index contributed by atoms with van der Waals surface area (Å²) in [6, 6.07) is 15.2. The third kappa shape index (κ3) is 6.42. The summed E-state index contributed by atoms with van der Waals surface area (Å²) in [6.45, 7) is 2.46. The van der Waals surface area contributed by atoms with Crippen molar-refractivity contribution in [3.63, 3.8) is 0 Å². The van der Waals surface area contributed by atoms with Gasteiger partial charge in [-0.05, 0) is 54.6 Å². The summed E-state index contributed by atoms with van der Waals surface area (Å²) in [6.07, 6.45) is 5.51. The zero-order valence-electron chi connectivity index (χ0n) is 24.7. The summed E-state index contributed by atoms with van der Waals surface area (Å²) in [4.78, 5) is 41.4. The average molecular weight is 612 g/mol. The van der Waals surface area contributed by atoms with E-state index >= 15 is 0 Å². The first-order valence-corrected chi connectivity index (χ1v) is 15.0. The molecule has 2 aromatic carbocycles. The van der Waals surface area contributed by atoms with Crippen LogP contribution in [0.5, 0.6) is 5.75 Å². The van der Waals surface area contributed by atoms with Gasteiger partial charge in [-0.25, -0.2) is 4.98 Å². The number of fused-ring (bicyclic) bond motifs is 2. The number of thiophene rings is 1. The van der Waals surface area contributed by atoms with Crippen LogP contribution in [0, 0.1) is 0 Å². The van der Waals surface area contributed by atoms with Crippen LogP contribution in [0.15, 0.2) is 66.2 Å². The molecule has 0 fully saturated rings. The molecule has 0 aliphatic rings. The Morgan fingerprint density at radius 1 is 1.14 bits per heavy atom. The molecular weight excluding hydrogens is 578 g/mol. The standard InChI is InChI=1S/C33H33N5O5S/c1-4-43-29(40)10-7-15-35-28(39)14-12-22-18-36-32(34)30-23(19-44-31(22)30)20-11-13-24(27(17-20)42-3)37-33(41)26-16-21-8-5-6-9-25(21)38(26)2/h5-6,8-9,11-14,16-19H,4,7,10,15H2,1-3H3,(H2,34,36)(H,35,39)(H,37,41)/b14-12+. The summed E-state index contributed by atoms with van der Waals surface area (Å²) >= 11 is 1.49. The van der Waals surface area contributed by atoms with Crippen LogP contribution in [0.3, 0.4) is 0 Å². The highest BCUT2D eigenvalue weighted by atomic mass is 32.1. The number of benzene rings is 2. The lowest BCUT2D eigenvalue weighted by atomic mass is 10.0. The van der Waals surface area contributed by atoms with Crippen molar-refractivity contribution in [2.75, 3.05) is 31.3 Å². The number of nitrogens with two attached hydrogens (primary N) is 1. The summed E-state index contributed by atoms with van der Waals surface area (Å²) < 4.78 is 13.3. The first kappa shape index (κ1) is 30.3. The van der Waals surface area contributed by atoms with E-state index in [1.54, 1.807) is 32.4 Å². The predicted octanol–water partition coefficient (Wildman–Crippen LogP) is 5.77. The van der Waals surface area contributed by atoms with Crippen molar-refractivity contribution < 1.29 is 23.9 Å². The first-order valence-electron chi connectivity index (χ1n) is 14.1. The van der Waals surface area contributed by atoms with Crippen LogP contribution in [0.4, 0.5) is 11.5 Å². The maximum absolute atomic E-state index is 13.2. The van der Waals surface area contributed by atoms with Gasteiger partial charge in [0.1, 0.15) is 17.3 Å². The molecule has 10 nitrogen and oxygen atoms in total. The summed E-state index contributed by atoms with van der Waals surface area (Å²) in [7, 11) is 3.42. The van der Waals surface area contributed by atoms with Crippen molar-refractivity contribution in [2.45, 2.75) is 19.8 Å². The third-order valence-corrected chi connectivity index (χ3v) is 8.20. The molecule has 4 N–H and O–H groups in total. The SMILES string of the molecule is CCOC(=O)CCCNC(=O)/C=C/c1cnc(N)c2c(-c3ccc(NC(=O)c4cc5ccccc5n4C)c(OC)c3)csc12. The Kier molecular flexibility index (Phi) is 9.25. The van der Waals surface area contributed by atoms with Gasteiger partial charge in [-0.15, -0.1) is 11.3 Å². The number of carbonyl (C=O) groups is 3. The average Bonchev–Trinajstić information content (AvgIpc) is 3.62. The highest BCUT2D eigenvalue weighted by molar-refractivity contribution is 7.18. The maximum Gasteiger partial charge on any atom is 0.305 e. The highest BCUT2D eigenvalue weighted by Crippen LogP contribution is 2.41. The number of hydrogen-bond donors (Lipinski definition) is 3. The molecule has 226 valence electrons. The molecule has 0 atom stereocenters. The van der Waals surface area contributed by atoms with Crippen LogP contribution in [0.1, 0.15) is 35.8 Å². The van der Waals surface area contributed by atoms with Gasteiger partial charge in [-0.3, -0.25) is 14.4 Å². The van der Waals surface area contributed by atoms with Crippen molar-refractivity contribution in [2.24, 2.45) is 7.05 Å². The van der Waals surface area contributed by atoms with E-state index in [1.165, 1.54) is 17.4 Å². The molecule has 5 aromatic rings. The molecular formula is C33H33N5O5S. The van der Waals surface area contributed by atoms with E-state index in [0.717, 1.165) is 37.7 Å². The zero-order valence-corrected chi connectivity index (χ0v) is 25.5. The lowest BCUT2D eigenvalue weighted by molar-refractivity contribution is -0.143. The van der Waals surface area contributed by atoms with Crippen molar-refractivity contribution in [3.05, 3.63) is 77.4 Å². The number of esters is 1. The number of nitrogen functional groups attached to an aromatic ring is 1.